The Morgan fingerprint density at radius 1 is 0.190 bits per heavy atom. The van der Waals surface area contributed by atoms with Crippen LogP contribution in [0.25, 0.3) is 219 Å². The van der Waals surface area contributed by atoms with E-state index in [9.17, 15) is 0 Å². The monoisotopic (exact) mass is 1520 g/mol. The second kappa shape index (κ2) is 28.6. The van der Waals surface area contributed by atoms with Crippen LogP contribution in [0, 0.1) is 0 Å². The van der Waals surface area contributed by atoms with E-state index in [1.54, 1.807) is 22.7 Å². The van der Waals surface area contributed by atoms with Gasteiger partial charge < -0.3 is 0 Å². The summed E-state index contributed by atoms with van der Waals surface area (Å²) in [6.45, 7) is 0. The molecule has 542 valence electrons. The minimum atomic E-state index is 0.618. The minimum absolute atomic E-state index is 0.618. The van der Waals surface area contributed by atoms with Gasteiger partial charge in [0, 0.05) is 96.2 Å². The summed E-state index contributed by atoms with van der Waals surface area (Å²) >= 11 is 3.57. The van der Waals surface area contributed by atoms with Gasteiger partial charge in [0.15, 0.2) is 34.9 Å². The van der Waals surface area contributed by atoms with Gasteiger partial charge in [-0.15, -0.1) is 22.7 Å². The number of para-hydroxylation sites is 6. The standard InChI is InChI=1S/C52H31N5S.C52H33N5S/c1-3-15-32(16-4-1)49-54-50(33-29-30-39-37-21-8-7-19-35(37)36-20-9-10-22-38(36)43(39)31-33)56-51(55-49)41-24-14-28-46-47(41)40-23-13-25-42(48(40)58-46)52-53-44-26-11-12-27-45(44)57(52)34-17-5-2-6-18-34;1-5-17-34(18-6-1)37-31-38(35-19-7-2-8-20-35)33-39(32-37)50-54-49(36-21-9-3-10-22-36)55-51(56-50)42-26-16-30-46-47(42)41-25-15-27-43(48(41)58-46)52-53-44-28-13-14-29-45(44)57(52)40-23-11-4-12-24-40/h1-31H;1-33H. The van der Waals surface area contributed by atoms with E-state index in [4.69, 9.17) is 39.9 Å². The Morgan fingerprint density at radius 2 is 0.509 bits per heavy atom. The van der Waals surface area contributed by atoms with Crippen molar-refractivity contribution in [2.45, 2.75) is 0 Å². The highest BCUT2D eigenvalue weighted by Gasteiger charge is 2.26. The quantitative estimate of drug-likeness (QED) is 0.111. The van der Waals surface area contributed by atoms with Crippen LogP contribution in [0.2, 0.25) is 0 Å². The van der Waals surface area contributed by atoms with Crippen LogP contribution in [-0.2, 0) is 0 Å². The molecule has 0 fully saturated rings. The molecular weight excluding hydrogens is 1450 g/mol. The van der Waals surface area contributed by atoms with Gasteiger partial charge in [-0.1, -0.05) is 291 Å². The van der Waals surface area contributed by atoms with Crippen molar-refractivity contribution >= 4 is 117 Å². The second-order valence-electron chi connectivity index (χ2n) is 28.8. The molecule has 0 N–H and O–H groups in total. The maximum absolute atomic E-state index is 5.33. The molecule has 0 aliphatic heterocycles. The van der Waals surface area contributed by atoms with Crippen LogP contribution < -0.4 is 0 Å². The van der Waals surface area contributed by atoms with Gasteiger partial charge in [0.05, 0.1) is 22.1 Å². The number of hydrogen-bond acceptors (Lipinski definition) is 10. The van der Waals surface area contributed by atoms with Gasteiger partial charge in [-0.05, 0) is 152 Å². The molecule has 0 aliphatic rings. The minimum Gasteiger partial charge on any atom is -0.292 e. The summed E-state index contributed by atoms with van der Waals surface area (Å²) in [6, 6.07) is 136. The summed E-state index contributed by atoms with van der Waals surface area (Å²) < 4.78 is 9.20. The summed E-state index contributed by atoms with van der Waals surface area (Å²) in [5, 5.41) is 11.8. The molecule has 0 radical (unpaired) electrons. The molecule has 10 nitrogen and oxygen atoms in total. The molecule has 17 aromatic carbocycles. The number of thiophene rings is 2. The normalized spacial score (nSPS) is 11.6. The van der Waals surface area contributed by atoms with E-state index in [-0.39, 0.29) is 0 Å². The molecule has 0 atom stereocenters. The van der Waals surface area contributed by atoms with Crippen LogP contribution >= 0.6 is 22.7 Å². The average Bonchev–Trinajstić information content (AvgIpc) is 1.42. The first kappa shape index (κ1) is 67.8. The smallest absolute Gasteiger partial charge is 0.164 e. The molecule has 6 aromatic heterocycles. The van der Waals surface area contributed by atoms with Gasteiger partial charge in [0.25, 0.3) is 0 Å². The zero-order valence-electron chi connectivity index (χ0n) is 62.2. The molecule has 0 amide bonds. The van der Waals surface area contributed by atoms with Crippen LogP contribution in [0.3, 0.4) is 0 Å². The van der Waals surface area contributed by atoms with E-state index >= 15 is 0 Å². The summed E-state index contributed by atoms with van der Waals surface area (Å²) in [6.07, 6.45) is 0. The third-order valence-electron chi connectivity index (χ3n) is 21.9. The number of nitrogens with zero attached hydrogens (tertiary/aromatic N) is 10. The third-order valence-corrected chi connectivity index (χ3v) is 24.3. The fourth-order valence-electron chi connectivity index (χ4n) is 16.6. The van der Waals surface area contributed by atoms with Crippen LogP contribution in [-0.4, -0.2) is 49.0 Å². The van der Waals surface area contributed by atoms with Crippen LogP contribution in [0.1, 0.15) is 0 Å². The van der Waals surface area contributed by atoms with Crippen molar-refractivity contribution in [3.8, 4) is 125 Å². The van der Waals surface area contributed by atoms with E-state index < -0.39 is 0 Å². The van der Waals surface area contributed by atoms with E-state index in [1.165, 1.54) is 37.0 Å². The molecule has 0 aliphatic carbocycles. The molecule has 0 bridgehead atoms. The number of imidazole rings is 2. The molecular formula is C104H64N10S2. The average molecular weight is 1520 g/mol. The predicted octanol–water partition coefficient (Wildman–Crippen LogP) is 27.3. The maximum atomic E-state index is 5.33. The highest BCUT2D eigenvalue weighted by Crippen LogP contribution is 2.48. The summed E-state index contributed by atoms with van der Waals surface area (Å²) in [5.41, 5.74) is 18.5. The highest BCUT2D eigenvalue weighted by atomic mass is 32.1. The van der Waals surface area contributed by atoms with E-state index in [2.05, 4.69) is 343 Å². The lowest BCUT2D eigenvalue weighted by atomic mass is 9.93. The number of hydrogen-bond donors (Lipinski definition) is 0. The van der Waals surface area contributed by atoms with Crippen molar-refractivity contribution in [1.29, 1.82) is 0 Å². The topological polar surface area (TPSA) is 113 Å². The molecule has 6 heterocycles. The summed E-state index contributed by atoms with van der Waals surface area (Å²) in [7, 11) is 0. The molecule has 0 spiro atoms. The number of fused-ring (bicyclic) bond motifs is 14. The second-order valence-corrected chi connectivity index (χ2v) is 30.9. The third kappa shape index (κ3) is 11.9. The predicted molar refractivity (Wildman–Crippen MR) is 482 cm³/mol. The molecule has 0 saturated carbocycles. The van der Waals surface area contributed by atoms with Crippen molar-refractivity contribution in [2.24, 2.45) is 0 Å². The first-order chi connectivity index (χ1) is 57.5. The van der Waals surface area contributed by atoms with Crippen molar-refractivity contribution < 1.29 is 0 Å². The first-order valence-corrected chi connectivity index (χ1v) is 40.3. The zero-order chi connectivity index (χ0) is 76.6. The van der Waals surface area contributed by atoms with Crippen LogP contribution in [0.5, 0.6) is 0 Å². The lowest BCUT2D eigenvalue weighted by Gasteiger charge is -2.13. The van der Waals surface area contributed by atoms with Crippen molar-refractivity contribution in [2.75, 3.05) is 0 Å². The molecule has 0 unspecified atom stereocenters. The van der Waals surface area contributed by atoms with E-state index in [0.717, 1.165) is 147 Å². The van der Waals surface area contributed by atoms with Crippen LogP contribution in [0.15, 0.2) is 388 Å². The summed E-state index contributed by atoms with van der Waals surface area (Å²) in [4.78, 5) is 41.9. The highest BCUT2D eigenvalue weighted by molar-refractivity contribution is 7.27. The zero-order valence-corrected chi connectivity index (χ0v) is 63.9. The van der Waals surface area contributed by atoms with Gasteiger partial charge in [0.2, 0.25) is 0 Å². The first-order valence-electron chi connectivity index (χ1n) is 38.7. The Bertz CT molecular complexity index is 7660. The van der Waals surface area contributed by atoms with Gasteiger partial charge in [0.1, 0.15) is 11.6 Å². The SMILES string of the molecule is c1ccc(-c2cc(-c3ccccc3)cc(-c3nc(-c4ccccc4)nc(-c4cccc5sc6c(-c7nc8ccccc8n7-c7ccccc7)cccc6c45)n3)c2)cc1.c1ccc(-c2nc(-c3ccc4c5ccccc5c5ccccc5c4c3)nc(-c3cccc4sc5c(-c6nc7ccccc7n6-c6ccccc6)cccc5c34)n2)cc1. The van der Waals surface area contributed by atoms with Gasteiger partial charge in [-0.3, -0.25) is 9.13 Å². The van der Waals surface area contributed by atoms with E-state index in [1.807, 2.05) is 54.6 Å². The fourth-order valence-corrected chi connectivity index (χ4v) is 19.1. The van der Waals surface area contributed by atoms with Crippen molar-refractivity contribution in [3.63, 3.8) is 0 Å². The number of rotatable bonds is 12. The largest absolute Gasteiger partial charge is 0.292 e. The Kier molecular flexibility index (Phi) is 16.7. The Morgan fingerprint density at radius 3 is 0.948 bits per heavy atom. The lowest BCUT2D eigenvalue weighted by Crippen LogP contribution is -2.01. The molecule has 23 aromatic rings. The lowest BCUT2D eigenvalue weighted by molar-refractivity contribution is 1.08. The fraction of sp³-hybridized carbons (Fsp3) is 0. The van der Waals surface area contributed by atoms with Gasteiger partial charge >= 0.3 is 0 Å². The molecule has 12 heteroatoms. The number of aromatic nitrogens is 10. The van der Waals surface area contributed by atoms with Crippen molar-refractivity contribution in [3.05, 3.63) is 388 Å². The number of benzene rings is 17. The van der Waals surface area contributed by atoms with Gasteiger partial charge in [-0.2, -0.15) is 0 Å². The van der Waals surface area contributed by atoms with E-state index in [0.29, 0.717) is 34.9 Å². The van der Waals surface area contributed by atoms with Crippen molar-refractivity contribution in [1.82, 2.24) is 49.0 Å². The molecule has 0 saturated heterocycles. The Hall–Kier alpha value is -15.1. The summed E-state index contributed by atoms with van der Waals surface area (Å²) in [5.74, 6) is 5.61. The Balaban J connectivity index is 0.000000141. The maximum Gasteiger partial charge on any atom is 0.164 e. The van der Waals surface area contributed by atoms with Crippen LogP contribution in [0.4, 0.5) is 0 Å². The van der Waals surface area contributed by atoms with Gasteiger partial charge in [-0.25, -0.2) is 39.9 Å². The molecule has 23 rings (SSSR count). The Labute approximate surface area is 674 Å². The molecule has 116 heavy (non-hydrogen) atoms.